The Bertz CT molecular complexity index is 216. The third kappa shape index (κ3) is 3.49. The summed E-state index contributed by atoms with van der Waals surface area (Å²) in [5.41, 5.74) is 5.60. The summed E-state index contributed by atoms with van der Waals surface area (Å²) in [6.45, 7) is 8.11. The normalized spacial score (nSPS) is 23.9. The molecule has 2 N–H and O–H groups in total. The second-order valence-corrected chi connectivity index (χ2v) is 5.17. The molecule has 0 spiro atoms. The van der Waals surface area contributed by atoms with E-state index >= 15 is 0 Å². The summed E-state index contributed by atoms with van der Waals surface area (Å²) in [5.74, 6) is 1.40. The summed E-state index contributed by atoms with van der Waals surface area (Å²) in [6.07, 6.45) is 2.96. The van der Waals surface area contributed by atoms with Gasteiger partial charge in [-0.3, -0.25) is 4.79 Å². The first-order valence-corrected chi connectivity index (χ1v) is 6.04. The smallest absolute Gasteiger partial charge is 0.223 e. The van der Waals surface area contributed by atoms with Gasteiger partial charge in [-0.2, -0.15) is 0 Å². The fourth-order valence-corrected chi connectivity index (χ4v) is 2.12. The lowest BCUT2D eigenvalue weighted by Gasteiger charge is -2.25. The first kappa shape index (κ1) is 12.5. The van der Waals surface area contributed by atoms with Crippen molar-refractivity contribution in [1.82, 2.24) is 4.90 Å². The number of carbonyl (C=O) groups excluding carboxylic acids is 1. The quantitative estimate of drug-likeness (QED) is 0.752. The summed E-state index contributed by atoms with van der Waals surface area (Å²) in [4.78, 5) is 13.7. The van der Waals surface area contributed by atoms with Crippen molar-refractivity contribution in [2.24, 2.45) is 17.6 Å². The van der Waals surface area contributed by atoms with Gasteiger partial charge < -0.3 is 10.6 Å². The van der Waals surface area contributed by atoms with Crippen molar-refractivity contribution >= 4 is 5.91 Å². The minimum absolute atomic E-state index is 0.293. The zero-order valence-corrected chi connectivity index (χ0v) is 10.2. The fourth-order valence-electron chi connectivity index (χ4n) is 2.12. The van der Waals surface area contributed by atoms with Gasteiger partial charge in [0, 0.05) is 19.0 Å². The second kappa shape index (κ2) is 5.50. The van der Waals surface area contributed by atoms with Crippen LogP contribution in [0, 0.1) is 11.8 Å². The number of rotatable bonds is 5. The lowest BCUT2D eigenvalue weighted by Crippen LogP contribution is -2.35. The predicted molar refractivity (Wildman–Crippen MR) is 62.4 cm³/mol. The Morgan fingerprint density at radius 2 is 2.07 bits per heavy atom. The van der Waals surface area contributed by atoms with Crippen LogP contribution in [0.5, 0.6) is 0 Å². The van der Waals surface area contributed by atoms with Crippen LogP contribution in [0.3, 0.4) is 0 Å². The van der Waals surface area contributed by atoms with Gasteiger partial charge in [0.1, 0.15) is 0 Å². The molecule has 3 nitrogen and oxygen atoms in total. The summed E-state index contributed by atoms with van der Waals surface area (Å²) < 4.78 is 0. The first-order valence-electron chi connectivity index (χ1n) is 6.04. The molecule has 1 aliphatic rings. The number of hydrogen-bond donors (Lipinski definition) is 1. The van der Waals surface area contributed by atoms with Crippen molar-refractivity contribution in [1.29, 1.82) is 0 Å². The molecule has 1 amide bonds. The Labute approximate surface area is 93.0 Å². The summed E-state index contributed by atoms with van der Waals surface area (Å²) in [5, 5.41) is 0. The molecule has 1 heterocycles. The van der Waals surface area contributed by atoms with Gasteiger partial charge in [0.2, 0.25) is 5.91 Å². The Kier molecular flexibility index (Phi) is 4.58. The Balaban J connectivity index is 2.39. The van der Waals surface area contributed by atoms with Crippen LogP contribution in [0.15, 0.2) is 0 Å². The molecule has 3 heteroatoms. The largest absolute Gasteiger partial charge is 0.340 e. The highest BCUT2D eigenvalue weighted by molar-refractivity contribution is 5.79. The van der Waals surface area contributed by atoms with Gasteiger partial charge in [-0.25, -0.2) is 0 Å². The zero-order valence-electron chi connectivity index (χ0n) is 10.2. The van der Waals surface area contributed by atoms with E-state index in [0.29, 0.717) is 30.8 Å². The summed E-state index contributed by atoms with van der Waals surface area (Å²) >= 11 is 0. The molecule has 2 atom stereocenters. The van der Waals surface area contributed by atoms with Crippen LogP contribution in [0.2, 0.25) is 0 Å². The molecule has 0 radical (unpaired) electrons. The molecule has 1 fully saturated rings. The maximum atomic E-state index is 11.7. The number of carbonyl (C=O) groups is 1. The first-order chi connectivity index (χ1) is 7.04. The number of nitrogens with two attached hydrogens (primary N) is 1. The van der Waals surface area contributed by atoms with E-state index < -0.39 is 0 Å². The molecular weight excluding hydrogens is 188 g/mol. The Morgan fingerprint density at radius 1 is 1.40 bits per heavy atom. The van der Waals surface area contributed by atoms with Gasteiger partial charge >= 0.3 is 0 Å². The lowest BCUT2D eigenvalue weighted by atomic mass is 10.0. The number of nitrogens with zero attached hydrogens (tertiary/aromatic N) is 1. The SMILES string of the molecule is CC(C)CCC(C)N1CC(CN)CC1=O. The number of likely N-dealkylation sites (tertiary alicyclic amines) is 1. The molecule has 88 valence electrons. The maximum absolute atomic E-state index is 11.7. The Morgan fingerprint density at radius 3 is 2.53 bits per heavy atom. The van der Waals surface area contributed by atoms with E-state index in [4.69, 9.17) is 5.73 Å². The third-order valence-corrected chi connectivity index (χ3v) is 3.27. The second-order valence-electron chi connectivity index (χ2n) is 5.17. The summed E-state index contributed by atoms with van der Waals surface area (Å²) in [7, 11) is 0. The van der Waals surface area contributed by atoms with Crippen LogP contribution in [-0.4, -0.2) is 29.9 Å². The monoisotopic (exact) mass is 212 g/mol. The molecule has 0 aliphatic carbocycles. The third-order valence-electron chi connectivity index (χ3n) is 3.27. The highest BCUT2D eigenvalue weighted by atomic mass is 16.2. The van der Waals surface area contributed by atoms with Crippen LogP contribution < -0.4 is 5.73 Å². The van der Waals surface area contributed by atoms with Crippen LogP contribution in [-0.2, 0) is 4.79 Å². The van der Waals surface area contributed by atoms with Crippen LogP contribution in [0.1, 0.15) is 40.0 Å². The predicted octanol–water partition coefficient (Wildman–Crippen LogP) is 1.62. The molecule has 0 aromatic heterocycles. The summed E-state index contributed by atoms with van der Waals surface area (Å²) in [6, 6.07) is 0.386. The van der Waals surface area contributed by atoms with Crippen LogP contribution in [0.25, 0.3) is 0 Å². The van der Waals surface area contributed by atoms with Crippen molar-refractivity contribution in [3.8, 4) is 0 Å². The molecule has 1 aliphatic heterocycles. The van der Waals surface area contributed by atoms with E-state index in [1.54, 1.807) is 0 Å². The van der Waals surface area contributed by atoms with E-state index in [9.17, 15) is 4.79 Å². The van der Waals surface area contributed by atoms with Gasteiger partial charge in [0.05, 0.1) is 0 Å². The molecule has 0 saturated carbocycles. The highest BCUT2D eigenvalue weighted by Gasteiger charge is 2.31. The number of amides is 1. The maximum Gasteiger partial charge on any atom is 0.223 e. The van der Waals surface area contributed by atoms with Gasteiger partial charge in [0.25, 0.3) is 0 Å². The van der Waals surface area contributed by atoms with Crippen molar-refractivity contribution in [2.75, 3.05) is 13.1 Å². The van der Waals surface area contributed by atoms with Gasteiger partial charge in [-0.1, -0.05) is 13.8 Å². The standard InChI is InChI=1S/C12H24N2O/c1-9(2)4-5-10(3)14-8-11(7-13)6-12(14)15/h9-11H,4-8,13H2,1-3H3. The van der Waals surface area contributed by atoms with E-state index in [1.807, 2.05) is 4.90 Å². The van der Waals surface area contributed by atoms with Crippen LogP contribution in [0.4, 0.5) is 0 Å². The van der Waals surface area contributed by atoms with Crippen molar-refractivity contribution < 1.29 is 4.79 Å². The van der Waals surface area contributed by atoms with E-state index in [-0.39, 0.29) is 0 Å². The molecule has 0 aromatic rings. The Hall–Kier alpha value is -0.570. The van der Waals surface area contributed by atoms with E-state index in [1.165, 1.54) is 6.42 Å². The van der Waals surface area contributed by atoms with Gasteiger partial charge in [0.15, 0.2) is 0 Å². The van der Waals surface area contributed by atoms with Gasteiger partial charge in [-0.15, -0.1) is 0 Å². The minimum Gasteiger partial charge on any atom is -0.340 e. The molecule has 1 rings (SSSR count). The van der Waals surface area contributed by atoms with Crippen molar-refractivity contribution in [3.63, 3.8) is 0 Å². The average Bonchev–Trinajstić information content (AvgIpc) is 2.56. The molecule has 0 aromatic carbocycles. The topological polar surface area (TPSA) is 46.3 Å². The van der Waals surface area contributed by atoms with Crippen molar-refractivity contribution in [2.45, 2.75) is 46.1 Å². The molecule has 1 saturated heterocycles. The van der Waals surface area contributed by atoms with Gasteiger partial charge in [-0.05, 0) is 38.1 Å². The minimum atomic E-state index is 0.293. The van der Waals surface area contributed by atoms with E-state index in [0.717, 1.165) is 18.9 Å². The molecule has 2 unspecified atom stereocenters. The molecular formula is C12H24N2O. The number of hydrogen-bond acceptors (Lipinski definition) is 2. The lowest BCUT2D eigenvalue weighted by molar-refractivity contribution is -0.129. The van der Waals surface area contributed by atoms with Crippen LogP contribution >= 0.6 is 0 Å². The fraction of sp³-hybridized carbons (Fsp3) is 0.917. The average molecular weight is 212 g/mol. The molecule has 0 bridgehead atoms. The highest BCUT2D eigenvalue weighted by Crippen LogP contribution is 2.22. The van der Waals surface area contributed by atoms with E-state index in [2.05, 4.69) is 20.8 Å². The zero-order chi connectivity index (χ0) is 11.4. The molecule has 15 heavy (non-hydrogen) atoms. The van der Waals surface area contributed by atoms with Crippen molar-refractivity contribution in [3.05, 3.63) is 0 Å².